The van der Waals surface area contributed by atoms with Gasteiger partial charge in [-0.1, -0.05) is 42.0 Å². The lowest BCUT2D eigenvalue weighted by Crippen LogP contribution is -2.01. The van der Waals surface area contributed by atoms with E-state index in [-0.39, 0.29) is 5.78 Å². The summed E-state index contributed by atoms with van der Waals surface area (Å²) in [4.78, 5) is 13.3. The van der Waals surface area contributed by atoms with Crippen LogP contribution in [0.15, 0.2) is 53.4 Å². The van der Waals surface area contributed by atoms with E-state index >= 15 is 0 Å². The molecule has 0 saturated carbocycles. The maximum atomic E-state index is 12.1. The number of ketones is 1. The molecule has 0 aliphatic carbocycles. The molecule has 1 nitrogen and oxygen atoms in total. The van der Waals surface area contributed by atoms with E-state index in [1.165, 1.54) is 16.0 Å². The lowest BCUT2D eigenvalue weighted by atomic mass is 10.0. The van der Waals surface area contributed by atoms with E-state index in [0.29, 0.717) is 6.42 Å². The minimum absolute atomic E-state index is 0.217. The fraction of sp³-hybridized carbons (Fsp3) is 0.235. The summed E-state index contributed by atoms with van der Waals surface area (Å²) in [6.07, 6.45) is 3.42. The van der Waals surface area contributed by atoms with Gasteiger partial charge in [0.25, 0.3) is 0 Å². The molecule has 0 bridgehead atoms. The van der Waals surface area contributed by atoms with Gasteiger partial charge >= 0.3 is 0 Å². The molecule has 0 spiro atoms. The van der Waals surface area contributed by atoms with Crippen molar-refractivity contribution in [2.24, 2.45) is 0 Å². The Labute approximate surface area is 119 Å². The Morgan fingerprint density at radius 1 is 1.11 bits per heavy atom. The Morgan fingerprint density at radius 2 is 1.84 bits per heavy atom. The number of carbonyl (C=O) groups excluding carboxylic acids is 1. The minimum atomic E-state index is 0.217. The molecule has 98 valence electrons. The highest BCUT2D eigenvalue weighted by atomic mass is 32.2. The number of hydrogen-bond acceptors (Lipinski definition) is 2. The first-order valence-electron chi connectivity index (χ1n) is 6.42. The van der Waals surface area contributed by atoms with Crippen LogP contribution in [0, 0.1) is 6.92 Å². The van der Waals surface area contributed by atoms with Crippen LogP contribution >= 0.6 is 11.8 Å². The van der Waals surface area contributed by atoms with Gasteiger partial charge in [-0.3, -0.25) is 4.79 Å². The van der Waals surface area contributed by atoms with Crippen LogP contribution in [0.1, 0.15) is 27.9 Å². The molecule has 19 heavy (non-hydrogen) atoms. The zero-order chi connectivity index (χ0) is 13.7. The highest BCUT2D eigenvalue weighted by molar-refractivity contribution is 7.98. The number of rotatable bonds is 5. The molecule has 0 aromatic heterocycles. The van der Waals surface area contributed by atoms with Crippen molar-refractivity contribution in [2.45, 2.75) is 24.7 Å². The van der Waals surface area contributed by atoms with Crippen molar-refractivity contribution in [2.75, 3.05) is 6.26 Å². The number of aryl methyl sites for hydroxylation is 2. The van der Waals surface area contributed by atoms with Crippen LogP contribution in [0.4, 0.5) is 0 Å². The Balaban J connectivity index is 1.97. The third kappa shape index (κ3) is 3.97. The average molecular weight is 270 g/mol. The van der Waals surface area contributed by atoms with Crippen LogP contribution in [0.5, 0.6) is 0 Å². The lowest BCUT2D eigenvalue weighted by Gasteiger charge is -2.04. The Bertz CT molecular complexity index is 558. The van der Waals surface area contributed by atoms with Crippen LogP contribution in [-0.4, -0.2) is 12.0 Å². The van der Waals surface area contributed by atoms with Crippen molar-refractivity contribution < 1.29 is 4.79 Å². The van der Waals surface area contributed by atoms with Gasteiger partial charge in [0.1, 0.15) is 0 Å². The predicted octanol–water partition coefficient (Wildman–Crippen LogP) is 4.53. The first kappa shape index (κ1) is 13.9. The maximum absolute atomic E-state index is 12.1. The summed E-state index contributed by atoms with van der Waals surface area (Å²) in [5.41, 5.74) is 3.29. The number of benzene rings is 2. The van der Waals surface area contributed by atoms with E-state index in [1.54, 1.807) is 11.8 Å². The van der Waals surface area contributed by atoms with Crippen molar-refractivity contribution in [1.82, 2.24) is 0 Å². The molecular formula is C17H18OS. The largest absolute Gasteiger partial charge is 0.294 e. The van der Waals surface area contributed by atoms with E-state index < -0.39 is 0 Å². The van der Waals surface area contributed by atoms with Crippen molar-refractivity contribution in [3.8, 4) is 0 Å². The topological polar surface area (TPSA) is 17.1 Å². The highest BCUT2D eigenvalue weighted by Gasteiger charge is 2.06. The third-order valence-electron chi connectivity index (χ3n) is 3.14. The second kappa shape index (κ2) is 6.58. The van der Waals surface area contributed by atoms with Gasteiger partial charge < -0.3 is 0 Å². The van der Waals surface area contributed by atoms with E-state index in [9.17, 15) is 4.79 Å². The zero-order valence-electron chi connectivity index (χ0n) is 11.3. The summed E-state index contributed by atoms with van der Waals surface area (Å²) in [6.45, 7) is 2.08. The molecule has 0 radical (unpaired) electrons. The minimum Gasteiger partial charge on any atom is -0.294 e. The molecule has 0 unspecified atom stereocenters. The molecule has 2 heteroatoms. The highest BCUT2D eigenvalue weighted by Crippen LogP contribution is 2.16. The summed E-state index contributed by atoms with van der Waals surface area (Å²) >= 11 is 1.69. The Hall–Kier alpha value is -1.54. The number of carbonyl (C=O) groups is 1. The summed E-state index contributed by atoms with van der Waals surface area (Å²) in [5.74, 6) is 0.217. The van der Waals surface area contributed by atoms with Crippen LogP contribution in [-0.2, 0) is 6.42 Å². The third-order valence-corrected chi connectivity index (χ3v) is 3.88. The van der Waals surface area contributed by atoms with E-state index in [4.69, 9.17) is 0 Å². The average Bonchev–Trinajstić information content (AvgIpc) is 2.45. The van der Waals surface area contributed by atoms with E-state index in [2.05, 4.69) is 25.1 Å². The van der Waals surface area contributed by atoms with Gasteiger partial charge in [0, 0.05) is 16.9 Å². The second-order valence-corrected chi connectivity index (χ2v) is 5.52. The maximum Gasteiger partial charge on any atom is 0.163 e. The van der Waals surface area contributed by atoms with E-state index in [1.807, 2.05) is 36.6 Å². The first-order chi connectivity index (χ1) is 9.19. The second-order valence-electron chi connectivity index (χ2n) is 4.64. The standard InChI is InChI=1S/C17H18OS/c1-13-4-3-5-14(12-13)6-11-17(18)15-7-9-16(19-2)10-8-15/h3-5,7-10,12H,6,11H2,1-2H3. The summed E-state index contributed by atoms with van der Waals surface area (Å²) in [5, 5.41) is 0. The zero-order valence-corrected chi connectivity index (χ0v) is 12.2. The van der Waals surface area contributed by atoms with Gasteiger partial charge in [-0.2, -0.15) is 0 Å². The Morgan fingerprint density at radius 3 is 2.47 bits per heavy atom. The lowest BCUT2D eigenvalue weighted by molar-refractivity contribution is 0.0983. The molecule has 0 amide bonds. The first-order valence-corrected chi connectivity index (χ1v) is 7.64. The Kier molecular flexibility index (Phi) is 4.80. The predicted molar refractivity (Wildman–Crippen MR) is 82.1 cm³/mol. The van der Waals surface area contributed by atoms with Crippen molar-refractivity contribution in [1.29, 1.82) is 0 Å². The van der Waals surface area contributed by atoms with Gasteiger partial charge in [-0.05, 0) is 37.3 Å². The molecule has 2 aromatic rings. The molecule has 0 aliphatic rings. The monoisotopic (exact) mass is 270 g/mol. The number of hydrogen-bond donors (Lipinski definition) is 0. The summed E-state index contributed by atoms with van der Waals surface area (Å²) in [7, 11) is 0. The fourth-order valence-corrected chi connectivity index (χ4v) is 2.46. The number of Topliss-reactive ketones (excluding diaryl/α,β-unsaturated/α-hetero) is 1. The van der Waals surface area contributed by atoms with Crippen molar-refractivity contribution in [3.05, 3.63) is 65.2 Å². The molecule has 0 fully saturated rings. The smallest absolute Gasteiger partial charge is 0.163 e. The molecule has 0 saturated heterocycles. The summed E-state index contributed by atoms with van der Waals surface area (Å²) in [6, 6.07) is 16.2. The molecule has 0 heterocycles. The van der Waals surface area contributed by atoms with Gasteiger partial charge in [0.15, 0.2) is 5.78 Å². The molecule has 2 aromatic carbocycles. The van der Waals surface area contributed by atoms with Crippen molar-refractivity contribution in [3.63, 3.8) is 0 Å². The number of thioether (sulfide) groups is 1. The quantitative estimate of drug-likeness (QED) is 0.586. The summed E-state index contributed by atoms with van der Waals surface area (Å²) < 4.78 is 0. The van der Waals surface area contributed by atoms with E-state index in [0.717, 1.165) is 12.0 Å². The van der Waals surface area contributed by atoms with Gasteiger partial charge in [0.2, 0.25) is 0 Å². The van der Waals surface area contributed by atoms with Crippen LogP contribution < -0.4 is 0 Å². The SMILES string of the molecule is CSc1ccc(C(=O)CCc2cccc(C)c2)cc1. The van der Waals surface area contributed by atoms with Gasteiger partial charge in [-0.15, -0.1) is 11.8 Å². The molecule has 2 rings (SSSR count). The molecule has 0 aliphatic heterocycles. The van der Waals surface area contributed by atoms with Gasteiger partial charge in [0.05, 0.1) is 0 Å². The molecule has 0 N–H and O–H groups in total. The normalized spacial score (nSPS) is 10.4. The molecular weight excluding hydrogens is 252 g/mol. The van der Waals surface area contributed by atoms with Crippen molar-refractivity contribution >= 4 is 17.5 Å². The van der Waals surface area contributed by atoms with Crippen LogP contribution in [0.3, 0.4) is 0 Å². The van der Waals surface area contributed by atoms with Crippen LogP contribution in [0.25, 0.3) is 0 Å². The van der Waals surface area contributed by atoms with Gasteiger partial charge in [-0.25, -0.2) is 0 Å². The van der Waals surface area contributed by atoms with Crippen LogP contribution in [0.2, 0.25) is 0 Å². The molecule has 0 atom stereocenters. The fourth-order valence-electron chi connectivity index (χ4n) is 2.05.